The third-order valence-corrected chi connectivity index (χ3v) is 7.82. The quantitative estimate of drug-likeness (QED) is 0.296. The second kappa shape index (κ2) is 10.6. The smallest absolute Gasteiger partial charge is 0.338 e. The molecule has 196 valence electrons. The molecule has 0 N–H and O–H groups in total. The molecule has 1 aliphatic rings. The summed E-state index contributed by atoms with van der Waals surface area (Å²) in [5.41, 5.74) is 3.87. The van der Waals surface area contributed by atoms with Crippen LogP contribution in [-0.4, -0.2) is 21.7 Å². The predicted molar refractivity (Wildman–Crippen MR) is 155 cm³/mol. The summed E-state index contributed by atoms with van der Waals surface area (Å²) in [4.78, 5) is 33.0. The first-order valence-electron chi connectivity index (χ1n) is 12.9. The highest BCUT2D eigenvalue weighted by Gasteiger charge is 2.35. The van der Waals surface area contributed by atoms with E-state index in [1.165, 1.54) is 11.3 Å². The van der Waals surface area contributed by atoms with Crippen LogP contribution in [0.3, 0.4) is 0 Å². The van der Waals surface area contributed by atoms with Crippen LogP contribution >= 0.6 is 11.3 Å². The zero-order valence-electron chi connectivity index (χ0n) is 21.7. The van der Waals surface area contributed by atoms with Gasteiger partial charge in [-0.1, -0.05) is 90.2 Å². The molecule has 0 saturated heterocycles. The van der Waals surface area contributed by atoms with E-state index in [2.05, 4.69) is 6.07 Å². The number of thiazole rings is 1. The highest BCUT2D eigenvalue weighted by atomic mass is 32.1. The minimum Gasteiger partial charge on any atom is -0.463 e. The van der Waals surface area contributed by atoms with Gasteiger partial charge in [0.15, 0.2) is 4.80 Å². The standard InChI is InChI=1S/C32H24N4O3S/c1-2-39-31(38)27-28(21-11-5-3-6-12-21)34-32-36(29(27)22-13-7-4-8-14-22)30(37)26(40-32)19-23-20-35(18-17-33)25-16-10-9-15-24(23)25/h3-16,19-20,29H,2,18H2,1H3/b26-19-/t29-/m1/s1. The number of hydrogen-bond acceptors (Lipinski definition) is 6. The summed E-state index contributed by atoms with van der Waals surface area (Å²) in [5, 5.41) is 10.3. The van der Waals surface area contributed by atoms with E-state index in [-0.39, 0.29) is 18.7 Å². The number of esters is 1. The maximum Gasteiger partial charge on any atom is 0.338 e. The molecule has 3 aromatic carbocycles. The van der Waals surface area contributed by atoms with Gasteiger partial charge in [-0.05, 0) is 24.6 Å². The van der Waals surface area contributed by atoms with Gasteiger partial charge >= 0.3 is 5.97 Å². The van der Waals surface area contributed by atoms with Crippen molar-refractivity contribution < 1.29 is 9.53 Å². The molecule has 0 saturated carbocycles. The van der Waals surface area contributed by atoms with E-state index in [4.69, 9.17) is 9.73 Å². The number of nitrogens with zero attached hydrogens (tertiary/aromatic N) is 4. The summed E-state index contributed by atoms with van der Waals surface area (Å²) in [5.74, 6) is -0.507. The van der Waals surface area contributed by atoms with E-state index >= 15 is 0 Å². The molecule has 0 unspecified atom stereocenters. The van der Waals surface area contributed by atoms with Crippen LogP contribution in [0.5, 0.6) is 0 Å². The fraction of sp³-hybridized carbons (Fsp3) is 0.125. The lowest BCUT2D eigenvalue weighted by Crippen LogP contribution is -2.39. The summed E-state index contributed by atoms with van der Waals surface area (Å²) in [6.45, 7) is 2.16. The van der Waals surface area contributed by atoms with E-state index in [1.807, 2.05) is 102 Å². The van der Waals surface area contributed by atoms with E-state index in [0.29, 0.717) is 20.6 Å². The molecule has 0 bridgehead atoms. The second-order valence-corrected chi connectivity index (χ2v) is 10.2. The number of aromatic nitrogens is 2. The Morgan fingerprint density at radius 2 is 1.75 bits per heavy atom. The number of benzene rings is 3. The van der Waals surface area contributed by atoms with Crippen LogP contribution in [0.25, 0.3) is 22.7 Å². The predicted octanol–water partition coefficient (Wildman–Crippen LogP) is 4.41. The van der Waals surface area contributed by atoms with Crippen molar-refractivity contribution in [2.24, 2.45) is 4.99 Å². The molecule has 2 aromatic heterocycles. The second-order valence-electron chi connectivity index (χ2n) is 9.23. The Morgan fingerprint density at radius 3 is 2.48 bits per heavy atom. The maximum atomic E-state index is 14.1. The summed E-state index contributed by atoms with van der Waals surface area (Å²) in [6, 6.07) is 28.3. The zero-order valence-corrected chi connectivity index (χ0v) is 22.5. The molecule has 0 fully saturated rings. The average molecular weight is 545 g/mol. The van der Waals surface area contributed by atoms with Gasteiger partial charge in [0.05, 0.1) is 34.5 Å². The molecular weight excluding hydrogens is 520 g/mol. The van der Waals surface area contributed by atoms with Gasteiger partial charge in [0.1, 0.15) is 6.54 Å². The van der Waals surface area contributed by atoms with Gasteiger partial charge in [0, 0.05) is 28.2 Å². The molecule has 5 aromatic rings. The first kappa shape index (κ1) is 25.3. The molecule has 1 atom stereocenters. The molecule has 8 heteroatoms. The summed E-state index contributed by atoms with van der Waals surface area (Å²) in [7, 11) is 0. The van der Waals surface area contributed by atoms with Gasteiger partial charge in [0.25, 0.3) is 5.56 Å². The van der Waals surface area contributed by atoms with Crippen LogP contribution in [0, 0.1) is 11.3 Å². The van der Waals surface area contributed by atoms with Crippen LogP contribution in [0.4, 0.5) is 0 Å². The normalized spacial score (nSPS) is 15.0. The Kier molecular flexibility index (Phi) is 6.72. The van der Waals surface area contributed by atoms with Gasteiger partial charge in [0.2, 0.25) is 0 Å². The van der Waals surface area contributed by atoms with Crippen LogP contribution in [-0.2, 0) is 16.1 Å². The molecular formula is C32H24N4O3S. The minimum atomic E-state index is -0.714. The average Bonchev–Trinajstić information content (AvgIpc) is 3.50. The summed E-state index contributed by atoms with van der Waals surface area (Å²) >= 11 is 1.28. The van der Waals surface area contributed by atoms with E-state index in [9.17, 15) is 14.9 Å². The molecule has 6 rings (SSSR count). The zero-order chi connectivity index (χ0) is 27.6. The van der Waals surface area contributed by atoms with E-state index in [0.717, 1.165) is 27.6 Å². The van der Waals surface area contributed by atoms with Crippen LogP contribution in [0.15, 0.2) is 106 Å². The van der Waals surface area contributed by atoms with Crippen molar-refractivity contribution >= 4 is 40.0 Å². The van der Waals surface area contributed by atoms with Crippen LogP contribution < -0.4 is 14.9 Å². The van der Waals surface area contributed by atoms with Crippen molar-refractivity contribution in [1.29, 1.82) is 5.26 Å². The topological polar surface area (TPSA) is 89.4 Å². The Bertz CT molecular complexity index is 1990. The third-order valence-electron chi connectivity index (χ3n) is 6.84. The molecule has 0 aliphatic carbocycles. The van der Waals surface area contributed by atoms with E-state index < -0.39 is 12.0 Å². The maximum absolute atomic E-state index is 14.1. The van der Waals surface area contributed by atoms with Crippen LogP contribution in [0.2, 0.25) is 0 Å². The first-order chi connectivity index (χ1) is 19.6. The van der Waals surface area contributed by atoms with Gasteiger partial charge in [-0.3, -0.25) is 9.36 Å². The van der Waals surface area contributed by atoms with E-state index in [1.54, 1.807) is 11.5 Å². The largest absolute Gasteiger partial charge is 0.463 e. The number of fused-ring (bicyclic) bond motifs is 2. The lowest BCUT2D eigenvalue weighted by Gasteiger charge is -2.25. The lowest BCUT2D eigenvalue weighted by atomic mass is 9.93. The van der Waals surface area contributed by atoms with Crippen LogP contribution in [0.1, 0.15) is 29.7 Å². The molecule has 1 aliphatic heterocycles. The Balaban J connectivity index is 1.64. The molecule has 0 amide bonds. The fourth-order valence-corrected chi connectivity index (χ4v) is 6.12. The SMILES string of the molecule is CCOC(=O)C1=C(c2ccccc2)N=c2s/c(=C\c3cn(CC#N)c4ccccc34)c(=O)n2[C@@H]1c1ccccc1. The van der Waals surface area contributed by atoms with Gasteiger partial charge < -0.3 is 9.30 Å². The Labute approximate surface area is 233 Å². The van der Waals surface area contributed by atoms with Crippen molar-refractivity contribution in [3.05, 3.63) is 133 Å². The van der Waals surface area contributed by atoms with Crippen molar-refractivity contribution in [2.45, 2.75) is 19.5 Å². The number of para-hydroxylation sites is 1. The molecule has 0 radical (unpaired) electrons. The summed E-state index contributed by atoms with van der Waals surface area (Å²) in [6.07, 6.45) is 3.73. The van der Waals surface area contributed by atoms with Gasteiger partial charge in [-0.2, -0.15) is 5.26 Å². The highest BCUT2D eigenvalue weighted by molar-refractivity contribution is 7.07. The lowest BCUT2D eigenvalue weighted by molar-refractivity contribution is -0.138. The number of carbonyl (C=O) groups excluding carboxylic acids is 1. The third kappa shape index (κ3) is 4.36. The van der Waals surface area contributed by atoms with Crippen molar-refractivity contribution in [1.82, 2.24) is 9.13 Å². The monoisotopic (exact) mass is 544 g/mol. The first-order valence-corrected chi connectivity index (χ1v) is 13.7. The molecule has 40 heavy (non-hydrogen) atoms. The molecule has 7 nitrogen and oxygen atoms in total. The molecule has 3 heterocycles. The number of carbonyl (C=O) groups is 1. The van der Waals surface area contributed by atoms with Crippen molar-refractivity contribution in [3.8, 4) is 6.07 Å². The minimum absolute atomic E-state index is 0.198. The molecule has 0 spiro atoms. The number of rotatable bonds is 6. The van der Waals surface area contributed by atoms with Gasteiger partial charge in [-0.15, -0.1) is 0 Å². The van der Waals surface area contributed by atoms with Gasteiger partial charge in [-0.25, -0.2) is 9.79 Å². The fourth-order valence-electron chi connectivity index (χ4n) is 5.13. The van der Waals surface area contributed by atoms with Crippen molar-refractivity contribution in [3.63, 3.8) is 0 Å². The summed E-state index contributed by atoms with van der Waals surface area (Å²) < 4.78 is 9.46. The highest BCUT2D eigenvalue weighted by Crippen LogP contribution is 2.35. The number of hydrogen-bond donors (Lipinski definition) is 0. The number of ether oxygens (including phenoxy) is 1. The van der Waals surface area contributed by atoms with Crippen molar-refractivity contribution in [2.75, 3.05) is 6.61 Å². The number of nitriles is 1. The Morgan fingerprint density at radius 1 is 1.05 bits per heavy atom. The Hall–Kier alpha value is -5.00.